The summed E-state index contributed by atoms with van der Waals surface area (Å²) in [6, 6.07) is 5.29. The van der Waals surface area contributed by atoms with Crippen molar-refractivity contribution in [3.63, 3.8) is 0 Å². The molecule has 0 radical (unpaired) electrons. The molecule has 192 valence electrons. The van der Waals surface area contributed by atoms with Crippen molar-refractivity contribution in [2.75, 3.05) is 19.3 Å². The smallest absolute Gasteiger partial charge is 0.273 e. The van der Waals surface area contributed by atoms with Gasteiger partial charge in [-0.05, 0) is 37.3 Å². The van der Waals surface area contributed by atoms with E-state index in [9.17, 15) is 19.8 Å². The Kier molecular flexibility index (Phi) is 6.70. The van der Waals surface area contributed by atoms with Crippen LogP contribution in [0.3, 0.4) is 0 Å². The zero-order valence-corrected chi connectivity index (χ0v) is 20.0. The lowest BCUT2D eigenvalue weighted by molar-refractivity contribution is -0.137. The van der Waals surface area contributed by atoms with Gasteiger partial charge in [-0.1, -0.05) is 12.0 Å². The van der Waals surface area contributed by atoms with Crippen LogP contribution in [-0.4, -0.2) is 89.4 Å². The number of nitrogens with two attached hydrogens (primary N) is 1. The minimum atomic E-state index is -1.45. The Morgan fingerprint density at radius 3 is 2.73 bits per heavy atom. The number of aliphatic hydroxyl groups is 2. The lowest BCUT2D eigenvalue weighted by atomic mass is 9.91. The minimum Gasteiger partial charge on any atom is -0.387 e. The van der Waals surface area contributed by atoms with Gasteiger partial charge in [0.15, 0.2) is 23.8 Å². The average molecular weight is 507 g/mol. The number of rotatable bonds is 5. The molecule has 4 heterocycles. The van der Waals surface area contributed by atoms with E-state index in [4.69, 9.17) is 10.5 Å². The van der Waals surface area contributed by atoms with Gasteiger partial charge in [0, 0.05) is 19.3 Å². The van der Waals surface area contributed by atoms with Crippen LogP contribution in [0.5, 0.6) is 0 Å². The SMILES string of the molecule is CNC(=O)[C@H]1O[C@@H](n2cnc3c(N)nc(C#CCN(C(=O)c4ccccn4)C4CCC4)nc32)[C@H](O)[C@@H]1O. The second-order valence-corrected chi connectivity index (χ2v) is 8.83. The Morgan fingerprint density at radius 1 is 1.24 bits per heavy atom. The topological polar surface area (TPSA) is 182 Å². The summed E-state index contributed by atoms with van der Waals surface area (Å²) in [7, 11) is 1.40. The minimum absolute atomic E-state index is 0.0596. The Morgan fingerprint density at radius 2 is 2.05 bits per heavy atom. The zero-order chi connectivity index (χ0) is 26.1. The second kappa shape index (κ2) is 10.1. The van der Waals surface area contributed by atoms with E-state index in [1.54, 1.807) is 29.3 Å². The molecule has 0 aromatic carbocycles. The van der Waals surface area contributed by atoms with Crippen LogP contribution in [0.1, 0.15) is 41.8 Å². The molecule has 37 heavy (non-hydrogen) atoms. The predicted octanol–water partition coefficient (Wildman–Crippen LogP) is -0.785. The van der Waals surface area contributed by atoms with Crippen molar-refractivity contribution in [3.8, 4) is 11.8 Å². The second-order valence-electron chi connectivity index (χ2n) is 8.83. The van der Waals surface area contributed by atoms with Crippen molar-refractivity contribution in [1.82, 2.24) is 34.7 Å². The number of carbonyl (C=O) groups is 2. The van der Waals surface area contributed by atoms with E-state index in [-0.39, 0.29) is 41.3 Å². The normalized spacial score (nSPS) is 23.2. The van der Waals surface area contributed by atoms with Gasteiger partial charge in [-0.25, -0.2) is 15.0 Å². The molecule has 0 spiro atoms. The largest absolute Gasteiger partial charge is 0.387 e. The summed E-state index contributed by atoms with van der Waals surface area (Å²) in [5.74, 6) is 5.20. The number of ether oxygens (including phenoxy) is 1. The Bertz CT molecular complexity index is 1380. The number of likely N-dealkylation sites (N-methyl/N-ethyl adjacent to an activating group) is 1. The molecule has 0 unspecified atom stereocenters. The lowest BCUT2D eigenvalue weighted by Gasteiger charge is -2.36. The Labute approximate surface area is 211 Å². The number of aromatic nitrogens is 5. The third-order valence-electron chi connectivity index (χ3n) is 6.58. The Hall–Kier alpha value is -4.12. The van der Waals surface area contributed by atoms with Crippen LogP contribution >= 0.6 is 0 Å². The van der Waals surface area contributed by atoms with Crippen LogP contribution in [0, 0.1) is 11.8 Å². The summed E-state index contributed by atoms with van der Waals surface area (Å²) in [4.78, 5) is 43.7. The average Bonchev–Trinajstić information content (AvgIpc) is 3.43. The van der Waals surface area contributed by atoms with Crippen LogP contribution in [0.2, 0.25) is 0 Å². The highest BCUT2D eigenvalue weighted by Gasteiger charge is 2.47. The molecule has 2 amide bonds. The maximum atomic E-state index is 13.0. The first-order valence-electron chi connectivity index (χ1n) is 11.8. The van der Waals surface area contributed by atoms with E-state index >= 15 is 0 Å². The molecule has 5 rings (SSSR count). The number of fused-ring (bicyclic) bond motifs is 1. The fourth-order valence-electron chi connectivity index (χ4n) is 4.33. The number of nitrogens with zero attached hydrogens (tertiary/aromatic N) is 6. The molecule has 1 aliphatic heterocycles. The van der Waals surface area contributed by atoms with Gasteiger partial charge in [-0.2, -0.15) is 0 Å². The van der Waals surface area contributed by atoms with Crippen molar-refractivity contribution in [1.29, 1.82) is 0 Å². The number of imidazole rings is 1. The van der Waals surface area contributed by atoms with Crippen molar-refractivity contribution in [2.24, 2.45) is 0 Å². The molecule has 1 aliphatic carbocycles. The van der Waals surface area contributed by atoms with Gasteiger partial charge in [-0.3, -0.25) is 19.1 Å². The highest BCUT2D eigenvalue weighted by molar-refractivity contribution is 5.92. The maximum absolute atomic E-state index is 13.0. The third-order valence-corrected chi connectivity index (χ3v) is 6.58. The molecule has 4 atom stereocenters. The summed E-state index contributed by atoms with van der Waals surface area (Å²) in [5, 5.41) is 23.2. The number of carbonyl (C=O) groups excluding carboxylic acids is 2. The number of pyridine rings is 1. The van der Waals surface area contributed by atoms with E-state index in [1.165, 1.54) is 17.9 Å². The first-order chi connectivity index (χ1) is 17.9. The van der Waals surface area contributed by atoms with Gasteiger partial charge in [-0.15, -0.1) is 0 Å². The predicted molar refractivity (Wildman–Crippen MR) is 130 cm³/mol. The first kappa shape index (κ1) is 24.6. The number of hydrogen-bond donors (Lipinski definition) is 4. The molecule has 5 N–H and O–H groups in total. The molecule has 1 saturated heterocycles. The molecule has 2 aliphatic rings. The third kappa shape index (κ3) is 4.57. The van der Waals surface area contributed by atoms with Gasteiger partial charge >= 0.3 is 0 Å². The van der Waals surface area contributed by atoms with E-state index in [0.717, 1.165) is 19.3 Å². The standard InChI is InChI=1S/C24H26N8O5/c1-26-22(35)19-17(33)18(34)24(37-19)32-12-28-16-20(25)29-15(30-21(16)32)9-5-11-31(13-6-4-7-13)23(36)14-8-2-3-10-27-14/h2-3,8,10,12-13,17-19,24,33-34H,4,6-7,11H2,1H3,(H,26,35)(H2,25,29,30)/t17-,18+,19-,24+/m0/s1. The molecular formula is C24H26N8O5. The number of amides is 2. The van der Waals surface area contributed by atoms with E-state index in [0.29, 0.717) is 5.69 Å². The van der Waals surface area contributed by atoms with Crippen molar-refractivity contribution in [2.45, 2.75) is 49.8 Å². The zero-order valence-electron chi connectivity index (χ0n) is 20.0. The van der Waals surface area contributed by atoms with Crippen molar-refractivity contribution < 1.29 is 24.5 Å². The van der Waals surface area contributed by atoms with E-state index < -0.39 is 30.4 Å². The maximum Gasteiger partial charge on any atom is 0.273 e. The van der Waals surface area contributed by atoms with Crippen LogP contribution in [0.15, 0.2) is 30.7 Å². The number of nitrogen functional groups attached to an aromatic ring is 1. The van der Waals surface area contributed by atoms with Crippen LogP contribution < -0.4 is 11.1 Å². The molecule has 0 bridgehead atoms. The Balaban J connectivity index is 1.40. The highest BCUT2D eigenvalue weighted by Crippen LogP contribution is 2.32. The number of aliphatic hydroxyl groups excluding tert-OH is 2. The molecular weight excluding hydrogens is 480 g/mol. The lowest BCUT2D eigenvalue weighted by Crippen LogP contribution is -2.44. The quantitative estimate of drug-likeness (QED) is 0.320. The summed E-state index contributed by atoms with van der Waals surface area (Å²) in [6.45, 7) is 0.158. The molecule has 2 fully saturated rings. The van der Waals surface area contributed by atoms with Gasteiger partial charge < -0.3 is 30.9 Å². The summed E-state index contributed by atoms with van der Waals surface area (Å²) < 4.78 is 7.00. The van der Waals surface area contributed by atoms with Gasteiger partial charge in [0.1, 0.15) is 23.4 Å². The fraction of sp³-hybridized carbons (Fsp3) is 0.417. The van der Waals surface area contributed by atoms with Gasteiger partial charge in [0.05, 0.1) is 12.9 Å². The molecule has 3 aromatic rings. The monoisotopic (exact) mass is 506 g/mol. The van der Waals surface area contributed by atoms with Crippen molar-refractivity contribution >= 4 is 28.8 Å². The van der Waals surface area contributed by atoms with E-state index in [1.807, 2.05) is 0 Å². The van der Waals surface area contributed by atoms with Gasteiger partial charge in [0.2, 0.25) is 5.82 Å². The molecule has 1 saturated carbocycles. The van der Waals surface area contributed by atoms with Crippen LogP contribution in [0.4, 0.5) is 5.82 Å². The van der Waals surface area contributed by atoms with Crippen LogP contribution in [-0.2, 0) is 9.53 Å². The number of anilines is 1. The van der Waals surface area contributed by atoms with E-state index in [2.05, 4.69) is 37.1 Å². The molecule has 13 nitrogen and oxygen atoms in total. The highest BCUT2D eigenvalue weighted by atomic mass is 16.6. The van der Waals surface area contributed by atoms with Crippen LogP contribution in [0.25, 0.3) is 11.2 Å². The number of hydrogen-bond acceptors (Lipinski definition) is 10. The molecule has 13 heteroatoms. The summed E-state index contributed by atoms with van der Waals surface area (Å²) in [5.41, 5.74) is 6.90. The summed E-state index contributed by atoms with van der Waals surface area (Å²) >= 11 is 0. The van der Waals surface area contributed by atoms with Gasteiger partial charge in [0.25, 0.3) is 11.8 Å². The summed E-state index contributed by atoms with van der Waals surface area (Å²) in [6.07, 6.45) is 0.501. The fourth-order valence-corrected chi connectivity index (χ4v) is 4.33. The molecule has 3 aromatic heterocycles. The first-order valence-corrected chi connectivity index (χ1v) is 11.8. The van der Waals surface area contributed by atoms with Crippen molar-refractivity contribution in [3.05, 3.63) is 42.2 Å². The number of nitrogens with one attached hydrogen (secondary N) is 1.